The number of hydrogen-bond acceptors (Lipinski definition) is 5. The van der Waals surface area contributed by atoms with Gasteiger partial charge in [0.15, 0.2) is 0 Å². The van der Waals surface area contributed by atoms with Crippen LogP contribution < -0.4 is 10.6 Å². The fourth-order valence-corrected chi connectivity index (χ4v) is 7.31. The first-order valence-electron chi connectivity index (χ1n) is 14.7. The van der Waals surface area contributed by atoms with E-state index in [1.165, 1.54) is 0 Å². The highest BCUT2D eigenvalue weighted by Crippen LogP contribution is 2.64. The second-order valence-corrected chi connectivity index (χ2v) is 11.5. The lowest BCUT2D eigenvalue weighted by atomic mass is 9.65. The number of anilines is 1. The molecule has 40 heavy (non-hydrogen) atoms. The molecule has 2 aromatic rings. The first kappa shape index (κ1) is 28.3. The van der Waals surface area contributed by atoms with Crippen LogP contribution in [0.5, 0.6) is 0 Å². The highest BCUT2D eigenvalue weighted by Gasteiger charge is 2.79. The van der Waals surface area contributed by atoms with Gasteiger partial charge >= 0.3 is 0 Å². The summed E-state index contributed by atoms with van der Waals surface area (Å²) in [6.45, 7) is 4.29. The maximum absolute atomic E-state index is 14.5. The number of aliphatic hydroxyl groups excluding tert-OH is 1. The molecule has 1 spiro atoms. The van der Waals surface area contributed by atoms with E-state index in [1.807, 2.05) is 67.6 Å². The predicted molar refractivity (Wildman–Crippen MR) is 152 cm³/mol. The van der Waals surface area contributed by atoms with Crippen molar-refractivity contribution in [2.45, 2.75) is 82.1 Å². The van der Waals surface area contributed by atoms with Crippen LogP contribution >= 0.6 is 0 Å². The molecule has 3 aliphatic heterocycles. The topological polar surface area (TPSA) is 108 Å². The molecule has 0 aromatic heterocycles. The number of likely N-dealkylation sites (tertiary alicyclic amines) is 1. The van der Waals surface area contributed by atoms with Gasteiger partial charge in [0.05, 0.1) is 30.1 Å². The zero-order chi connectivity index (χ0) is 28.3. The molecule has 2 unspecified atom stereocenters. The normalized spacial score (nSPS) is 29.3. The Hall–Kier alpha value is -3.23. The monoisotopic (exact) mass is 547 g/mol. The van der Waals surface area contributed by atoms with Crippen LogP contribution in [0.15, 0.2) is 60.7 Å². The van der Waals surface area contributed by atoms with Crippen molar-refractivity contribution in [3.05, 3.63) is 66.2 Å². The Kier molecular flexibility index (Phi) is 8.29. The first-order valence-corrected chi connectivity index (χ1v) is 14.7. The number of hydrogen-bond donors (Lipinski definition) is 3. The average molecular weight is 548 g/mol. The van der Waals surface area contributed by atoms with Gasteiger partial charge in [-0.05, 0) is 49.8 Å². The number of fused-ring (bicyclic) bond motifs is 1. The molecule has 6 atom stereocenters. The van der Waals surface area contributed by atoms with E-state index in [9.17, 15) is 19.5 Å². The highest BCUT2D eigenvalue weighted by atomic mass is 16.5. The van der Waals surface area contributed by atoms with Gasteiger partial charge in [-0.1, -0.05) is 75.2 Å². The summed E-state index contributed by atoms with van der Waals surface area (Å²) in [5.41, 5.74) is -0.328. The van der Waals surface area contributed by atoms with Gasteiger partial charge in [-0.15, -0.1) is 0 Å². The molecule has 214 valence electrons. The smallest absolute Gasteiger partial charge is 0.245 e. The van der Waals surface area contributed by atoms with Crippen LogP contribution in [0.25, 0.3) is 0 Å². The fourth-order valence-electron chi connectivity index (χ4n) is 7.31. The molecule has 8 heteroatoms. The third-order valence-corrected chi connectivity index (χ3v) is 9.19. The number of aliphatic hydroxyl groups is 1. The Balaban J connectivity index is 1.52. The van der Waals surface area contributed by atoms with E-state index in [1.54, 1.807) is 4.90 Å². The average Bonchev–Trinajstić information content (AvgIpc) is 3.58. The quantitative estimate of drug-likeness (QED) is 0.352. The molecule has 5 rings (SSSR count). The van der Waals surface area contributed by atoms with Crippen molar-refractivity contribution < 1.29 is 24.2 Å². The van der Waals surface area contributed by atoms with Crippen LogP contribution in [0.3, 0.4) is 0 Å². The summed E-state index contributed by atoms with van der Waals surface area (Å²) in [5.74, 6) is -2.36. The van der Waals surface area contributed by atoms with Gasteiger partial charge in [0.25, 0.3) is 0 Å². The third kappa shape index (κ3) is 4.81. The van der Waals surface area contributed by atoms with E-state index in [0.29, 0.717) is 37.9 Å². The Labute approximate surface area is 236 Å². The molecule has 8 nitrogen and oxygen atoms in total. The van der Waals surface area contributed by atoms with Gasteiger partial charge in [0, 0.05) is 12.2 Å². The Morgan fingerprint density at radius 2 is 1.73 bits per heavy atom. The second-order valence-electron chi connectivity index (χ2n) is 11.5. The lowest BCUT2D eigenvalue weighted by Gasteiger charge is -2.37. The fraction of sp³-hybridized carbons (Fsp3) is 0.531. The summed E-state index contributed by atoms with van der Waals surface area (Å²) < 4.78 is 6.83. The van der Waals surface area contributed by atoms with Crippen LogP contribution in [0.4, 0.5) is 5.69 Å². The van der Waals surface area contributed by atoms with E-state index < -0.39 is 35.1 Å². The number of ether oxygens (including phenoxy) is 1. The number of rotatable bonds is 12. The molecular formula is C32H41N3O5. The molecule has 3 fully saturated rings. The molecule has 3 aliphatic rings. The van der Waals surface area contributed by atoms with Crippen molar-refractivity contribution in [1.82, 2.24) is 10.2 Å². The molecule has 3 amide bonds. The molecule has 0 radical (unpaired) electrons. The van der Waals surface area contributed by atoms with Crippen LogP contribution in [0, 0.1) is 11.8 Å². The van der Waals surface area contributed by atoms with E-state index in [4.69, 9.17) is 4.74 Å². The number of amides is 3. The van der Waals surface area contributed by atoms with Crippen LogP contribution in [0.1, 0.15) is 57.9 Å². The summed E-state index contributed by atoms with van der Waals surface area (Å²) >= 11 is 0. The molecule has 2 bridgehead atoms. The van der Waals surface area contributed by atoms with Gasteiger partial charge in [0.1, 0.15) is 11.6 Å². The zero-order valence-corrected chi connectivity index (χ0v) is 23.5. The zero-order valence-electron chi connectivity index (χ0n) is 23.5. The summed E-state index contributed by atoms with van der Waals surface area (Å²) in [5, 5.41) is 16.6. The standard InChI is InChI=1S/C32H41N3O5/c1-3-5-12-19-33-29(38)27-32-18-17-31(4-2,40-32)25(28(37)34-23-15-10-7-11-16-23)26(32)30(39)35(27)24(21-36)20-22-13-8-6-9-14-22/h6-11,13-16,24-27,36H,3-5,12,17-21H2,1-2H3,(H,33,38)(H,34,37)/t24-,25-,26+,27?,31+,32?/m1/s1. The van der Waals surface area contributed by atoms with Crippen LogP contribution in [0.2, 0.25) is 0 Å². The number of carbonyl (C=O) groups is 3. The number of nitrogens with one attached hydrogen (secondary N) is 2. The van der Waals surface area contributed by atoms with Gasteiger partial charge in [-0.25, -0.2) is 0 Å². The SMILES string of the molecule is CCCCCNC(=O)C1N([C@@H](CO)Cc2ccccc2)C(=O)[C@@H]2[C@H](C(=O)Nc3ccccc3)[C@]3(CC)CCC12O3. The summed E-state index contributed by atoms with van der Waals surface area (Å²) in [6.07, 6.45) is 4.92. The molecule has 3 heterocycles. The number of nitrogens with zero attached hydrogens (tertiary/aromatic N) is 1. The van der Waals surface area contributed by atoms with Gasteiger partial charge in [-0.2, -0.15) is 0 Å². The first-order chi connectivity index (χ1) is 19.4. The van der Waals surface area contributed by atoms with E-state index in [2.05, 4.69) is 17.6 Å². The van der Waals surface area contributed by atoms with Crippen molar-refractivity contribution in [2.75, 3.05) is 18.5 Å². The highest BCUT2D eigenvalue weighted by molar-refractivity contribution is 6.02. The largest absolute Gasteiger partial charge is 0.394 e. The number of benzene rings is 2. The number of carbonyl (C=O) groups excluding carboxylic acids is 3. The Bertz CT molecular complexity index is 1210. The van der Waals surface area contributed by atoms with Crippen molar-refractivity contribution in [3.8, 4) is 0 Å². The van der Waals surface area contributed by atoms with Crippen molar-refractivity contribution in [1.29, 1.82) is 0 Å². The van der Waals surface area contributed by atoms with Crippen molar-refractivity contribution in [3.63, 3.8) is 0 Å². The number of para-hydroxylation sites is 1. The number of unbranched alkanes of at least 4 members (excludes halogenated alkanes) is 2. The van der Waals surface area contributed by atoms with Crippen LogP contribution in [-0.2, 0) is 25.5 Å². The van der Waals surface area contributed by atoms with Crippen LogP contribution in [-0.4, -0.2) is 64.2 Å². The van der Waals surface area contributed by atoms with Gasteiger partial charge < -0.3 is 25.4 Å². The molecular weight excluding hydrogens is 506 g/mol. The van der Waals surface area contributed by atoms with Gasteiger partial charge in [-0.3, -0.25) is 14.4 Å². The van der Waals surface area contributed by atoms with E-state index >= 15 is 0 Å². The maximum atomic E-state index is 14.5. The minimum Gasteiger partial charge on any atom is -0.394 e. The van der Waals surface area contributed by atoms with Crippen molar-refractivity contribution >= 4 is 23.4 Å². The maximum Gasteiger partial charge on any atom is 0.245 e. The molecule has 0 aliphatic carbocycles. The minimum absolute atomic E-state index is 0.263. The molecule has 0 saturated carbocycles. The Morgan fingerprint density at radius 1 is 1.02 bits per heavy atom. The molecule has 3 N–H and O–H groups in total. The lowest BCUT2D eigenvalue weighted by molar-refractivity contribution is -0.150. The van der Waals surface area contributed by atoms with E-state index in [-0.39, 0.29) is 24.3 Å². The lowest BCUT2D eigenvalue weighted by Crippen LogP contribution is -2.58. The van der Waals surface area contributed by atoms with E-state index in [0.717, 1.165) is 24.8 Å². The third-order valence-electron chi connectivity index (χ3n) is 9.19. The Morgan fingerprint density at radius 3 is 2.38 bits per heavy atom. The predicted octanol–water partition coefficient (Wildman–Crippen LogP) is 3.69. The second kappa shape index (κ2) is 11.7. The van der Waals surface area contributed by atoms with Gasteiger partial charge in [0.2, 0.25) is 17.7 Å². The summed E-state index contributed by atoms with van der Waals surface area (Å²) in [4.78, 5) is 43.9. The minimum atomic E-state index is -1.12. The molecule has 3 saturated heterocycles. The molecule has 2 aromatic carbocycles. The van der Waals surface area contributed by atoms with Crippen molar-refractivity contribution in [2.24, 2.45) is 11.8 Å². The summed E-state index contributed by atoms with van der Waals surface area (Å²) in [7, 11) is 0. The summed E-state index contributed by atoms with van der Waals surface area (Å²) in [6, 6.07) is 17.3.